The molecular weight excluding hydrogens is 250 g/mol. The second kappa shape index (κ2) is 7.97. The monoisotopic (exact) mass is 277 g/mol. The second-order valence-electron chi connectivity index (χ2n) is 5.54. The van der Waals surface area contributed by atoms with Crippen LogP contribution in [0.4, 0.5) is 0 Å². The molecule has 0 aromatic rings. The number of rotatable bonds is 4. The number of nitrogens with zero attached hydrogens (tertiary/aromatic N) is 1. The van der Waals surface area contributed by atoms with Crippen molar-refractivity contribution in [3.8, 4) is 0 Å². The van der Waals surface area contributed by atoms with E-state index in [1.807, 2.05) is 6.92 Å². The fraction of sp³-hybridized carbons (Fsp3) is 0.923. The summed E-state index contributed by atoms with van der Waals surface area (Å²) in [5, 5.41) is 6.48. The molecule has 1 heterocycles. The van der Waals surface area contributed by atoms with Gasteiger partial charge in [-0.1, -0.05) is 6.92 Å². The van der Waals surface area contributed by atoms with E-state index in [0.29, 0.717) is 0 Å². The molecule has 1 atom stereocenters. The largest absolute Gasteiger partial charge is 0.350 e. The summed E-state index contributed by atoms with van der Waals surface area (Å²) in [6, 6.07) is -0.0271. The smallest absolute Gasteiger partial charge is 0.237 e. The van der Waals surface area contributed by atoms with Gasteiger partial charge >= 0.3 is 0 Å². The van der Waals surface area contributed by atoms with E-state index < -0.39 is 0 Å². The van der Waals surface area contributed by atoms with Gasteiger partial charge in [0.15, 0.2) is 0 Å². The number of nitrogens with one attached hydrogen (secondary N) is 2. The minimum atomic E-state index is -0.102. The van der Waals surface area contributed by atoms with Crippen molar-refractivity contribution in [2.75, 3.05) is 26.2 Å². The van der Waals surface area contributed by atoms with Crippen LogP contribution in [-0.4, -0.2) is 48.6 Å². The van der Waals surface area contributed by atoms with Crippen molar-refractivity contribution in [1.29, 1.82) is 0 Å². The third-order valence-electron chi connectivity index (χ3n) is 3.65. The molecule has 0 aromatic heterocycles. The number of hydrogen-bond donors (Lipinski definition) is 2. The molecule has 1 saturated heterocycles. The summed E-state index contributed by atoms with van der Waals surface area (Å²) in [7, 11) is 0. The Morgan fingerprint density at radius 3 is 2.67 bits per heavy atom. The minimum absolute atomic E-state index is 0. The van der Waals surface area contributed by atoms with Crippen molar-refractivity contribution in [2.45, 2.75) is 52.1 Å². The van der Waals surface area contributed by atoms with Crippen LogP contribution in [0.2, 0.25) is 0 Å². The molecule has 18 heavy (non-hydrogen) atoms. The molecule has 0 aliphatic carbocycles. The highest BCUT2D eigenvalue weighted by Gasteiger charge is 2.26. The van der Waals surface area contributed by atoms with E-state index in [2.05, 4.69) is 36.3 Å². The van der Waals surface area contributed by atoms with Crippen LogP contribution >= 0.6 is 12.4 Å². The van der Waals surface area contributed by atoms with Crippen LogP contribution in [0.5, 0.6) is 0 Å². The fourth-order valence-corrected chi connectivity index (χ4v) is 1.95. The van der Waals surface area contributed by atoms with Crippen molar-refractivity contribution < 1.29 is 4.79 Å². The van der Waals surface area contributed by atoms with Gasteiger partial charge in [0, 0.05) is 25.2 Å². The lowest BCUT2D eigenvalue weighted by Crippen LogP contribution is -2.52. The molecule has 0 radical (unpaired) electrons. The van der Waals surface area contributed by atoms with E-state index in [1.165, 1.54) is 0 Å². The molecule has 1 unspecified atom stereocenters. The first-order valence-corrected chi connectivity index (χ1v) is 6.73. The lowest BCUT2D eigenvalue weighted by Gasteiger charge is -2.31. The quantitative estimate of drug-likeness (QED) is 0.816. The van der Waals surface area contributed by atoms with E-state index in [-0.39, 0.29) is 29.9 Å². The standard InChI is InChI=1S/C13H27N3O.ClH/c1-5-13(3,4)15-12(17)11(2)16-9-6-7-14-8-10-16;/h11,14H,5-10H2,1-4H3,(H,15,17);1H. The van der Waals surface area contributed by atoms with Gasteiger partial charge in [0.25, 0.3) is 0 Å². The van der Waals surface area contributed by atoms with Gasteiger partial charge in [0.05, 0.1) is 6.04 Å². The molecule has 2 N–H and O–H groups in total. The van der Waals surface area contributed by atoms with Crippen molar-refractivity contribution in [3.63, 3.8) is 0 Å². The van der Waals surface area contributed by atoms with Crippen LogP contribution in [0.25, 0.3) is 0 Å². The van der Waals surface area contributed by atoms with Crippen LogP contribution in [0.15, 0.2) is 0 Å². The Balaban J connectivity index is 0.00000289. The van der Waals surface area contributed by atoms with Gasteiger partial charge in [0.1, 0.15) is 0 Å². The number of halogens is 1. The summed E-state index contributed by atoms with van der Waals surface area (Å²) < 4.78 is 0. The van der Waals surface area contributed by atoms with Crippen molar-refractivity contribution in [2.24, 2.45) is 0 Å². The van der Waals surface area contributed by atoms with E-state index >= 15 is 0 Å². The Bertz CT molecular complexity index is 251. The van der Waals surface area contributed by atoms with Crippen molar-refractivity contribution in [3.05, 3.63) is 0 Å². The molecule has 0 bridgehead atoms. The first-order chi connectivity index (χ1) is 7.96. The lowest BCUT2D eigenvalue weighted by molar-refractivity contribution is -0.127. The van der Waals surface area contributed by atoms with E-state index in [0.717, 1.165) is 39.0 Å². The molecule has 1 aliphatic rings. The van der Waals surface area contributed by atoms with E-state index in [9.17, 15) is 4.79 Å². The van der Waals surface area contributed by atoms with Crippen LogP contribution in [0, 0.1) is 0 Å². The summed E-state index contributed by atoms with van der Waals surface area (Å²) >= 11 is 0. The van der Waals surface area contributed by atoms with Crippen molar-refractivity contribution in [1.82, 2.24) is 15.5 Å². The minimum Gasteiger partial charge on any atom is -0.350 e. The van der Waals surface area contributed by atoms with Crippen LogP contribution in [0.3, 0.4) is 0 Å². The highest BCUT2D eigenvalue weighted by Crippen LogP contribution is 2.09. The highest BCUT2D eigenvalue weighted by molar-refractivity contribution is 5.85. The zero-order valence-electron chi connectivity index (χ0n) is 12.1. The number of amides is 1. The molecule has 1 fully saturated rings. The average molecular weight is 278 g/mol. The summed E-state index contributed by atoms with van der Waals surface area (Å²) in [6.45, 7) is 12.3. The SMILES string of the molecule is CCC(C)(C)NC(=O)C(C)N1CCCNCC1.Cl. The number of hydrogen-bond acceptors (Lipinski definition) is 3. The fourth-order valence-electron chi connectivity index (χ4n) is 1.95. The second-order valence-corrected chi connectivity index (χ2v) is 5.54. The average Bonchev–Trinajstić information content (AvgIpc) is 2.56. The Hall–Kier alpha value is -0.320. The first-order valence-electron chi connectivity index (χ1n) is 6.73. The Kier molecular flexibility index (Phi) is 7.83. The maximum atomic E-state index is 12.2. The van der Waals surface area contributed by atoms with Gasteiger partial charge in [0.2, 0.25) is 5.91 Å². The van der Waals surface area contributed by atoms with E-state index in [1.54, 1.807) is 0 Å². The van der Waals surface area contributed by atoms with Gasteiger partial charge in [-0.05, 0) is 40.2 Å². The van der Waals surface area contributed by atoms with Crippen molar-refractivity contribution >= 4 is 18.3 Å². The van der Waals surface area contributed by atoms with Gasteiger partial charge in [-0.3, -0.25) is 9.69 Å². The topological polar surface area (TPSA) is 44.4 Å². The molecule has 108 valence electrons. The van der Waals surface area contributed by atoms with Gasteiger partial charge in [-0.25, -0.2) is 0 Å². The predicted molar refractivity (Wildman–Crippen MR) is 78.3 cm³/mol. The van der Waals surface area contributed by atoms with Crippen LogP contribution < -0.4 is 10.6 Å². The third-order valence-corrected chi connectivity index (χ3v) is 3.65. The molecule has 1 amide bonds. The molecule has 1 rings (SSSR count). The summed E-state index contributed by atoms with van der Waals surface area (Å²) in [5.41, 5.74) is -0.102. The first kappa shape index (κ1) is 17.7. The summed E-state index contributed by atoms with van der Waals surface area (Å²) in [6.07, 6.45) is 2.07. The highest BCUT2D eigenvalue weighted by atomic mass is 35.5. The molecule has 4 nitrogen and oxygen atoms in total. The van der Waals surface area contributed by atoms with Crippen LogP contribution in [-0.2, 0) is 4.79 Å². The predicted octanol–water partition coefficient (Wildman–Crippen LogP) is 1.40. The Morgan fingerprint density at radius 1 is 1.39 bits per heavy atom. The maximum Gasteiger partial charge on any atom is 0.237 e. The summed E-state index contributed by atoms with van der Waals surface area (Å²) in [4.78, 5) is 14.4. The number of carbonyl (C=O) groups is 1. The zero-order valence-corrected chi connectivity index (χ0v) is 12.9. The normalized spacial score (nSPS) is 19.6. The summed E-state index contributed by atoms with van der Waals surface area (Å²) in [5.74, 6) is 0.152. The molecular formula is C13H28ClN3O. The third kappa shape index (κ3) is 5.55. The molecule has 0 aromatic carbocycles. The lowest BCUT2D eigenvalue weighted by atomic mass is 10.0. The molecule has 5 heteroatoms. The Labute approximate surface area is 117 Å². The molecule has 1 aliphatic heterocycles. The maximum absolute atomic E-state index is 12.2. The van der Waals surface area contributed by atoms with E-state index in [4.69, 9.17) is 0 Å². The van der Waals surface area contributed by atoms with Gasteiger partial charge in [-0.15, -0.1) is 12.4 Å². The molecule has 0 spiro atoms. The molecule has 0 saturated carbocycles. The van der Waals surface area contributed by atoms with Gasteiger partial charge in [-0.2, -0.15) is 0 Å². The zero-order chi connectivity index (χ0) is 12.9. The van der Waals surface area contributed by atoms with Crippen LogP contribution in [0.1, 0.15) is 40.5 Å². The number of carbonyl (C=O) groups excluding carboxylic acids is 1. The Morgan fingerprint density at radius 2 is 2.06 bits per heavy atom. The van der Waals surface area contributed by atoms with Gasteiger partial charge < -0.3 is 10.6 Å².